The van der Waals surface area contributed by atoms with Gasteiger partial charge in [-0.1, -0.05) is 26.3 Å². The van der Waals surface area contributed by atoms with Crippen LogP contribution in [0.5, 0.6) is 0 Å². The molecule has 3 nitrogen and oxygen atoms in total. The molecule has 0 aliphatic heterocycles. The molecule has 0 spiro atoms. The summed E-state index contributed by atoms with van der Waals surface area (Å²) in [6.07, 6.45) is 7.58. The third-order valence-corrected chi connectivity index (χ3v) is 1.11. The molecule has 68 valence electrons. The van der Waals surface area contributed by atoms with Gasteiger partial charge in [-0.2, -0.15) is 5.10 Å². The van der Waals surface area contributed by atoms with E-state index in [-0.39, 0.29) is 0 Å². The summed E-state index contributed by atoms with van der Waals surface area (Å²) in [7, 11) is 0. The predicted octanol–water partition coefficient (Wildman–Crippen LogP) is 2.33. The van der Waals surface area contributed by atoms with Crippen LogP contribution in [0.25, 0.3) is 0 Å². The van der Waals surface area contributed by atoms with Gasteiger partial charge in [0.2, 0.25) is 0 Å². The maximum absolute atomic E-state index is 3.97. The lowest BCUT2D eigenvalue weighted by atomic mass is 10.5. The van der Waals surface area contributed by atoms with Crippen LogP contribution in [0.4, 0.5) is 0 Å². The van der Waals surface area contributed by atoms with Gasteiger partial charge in [-0.05, 0) is 12.2 Å². The lowest BCUT2D eigenvalue weighted by Crippen LogP contribution is -2.17. The Morgan fingerprint density at radius 3 is 2.23 bits per heavy atom. The average molecular weight is 175 g/mol. The van der Waals surface area contributed by atoms with Crippen LogP contribution in [0.3, 0.4) is 0 Å². The van der Waals surface area contributed by atoms with E-state index in [0.29, 0.717) is 5.84 Å². The van der Waals surface area contributed by atoms with Gasteiger partial charge in [0.15, 0.2) is 5.84 Å². The molecule has 0 rings (SSSR count). The van der Waals surface area contributed by atoms with E-state index in [1.54, 1.807) is 12.2 Å². The van der Waals surface area contributed by atoms with E-state index in [1.165, 1.54) is 23.6 Å². The van der Waals surface area contributed by atoms with Crippen LogP contribution in [0, 0.1) is 0 Å². The van der Waals surface area contributed by atoms with Crippen molar-refractivity contribution < 1.29 is 0 Å². The summed E-state index contributed by atoms with van der Waals surface area (Å²) in [5, 5.41) is 5.44. The second-order valence-electron chi connectivity index (χ2n) is 1.90. The van der Waals surface area contributed by atoms with Gasteiger partial charge in [0, 0.05) is 18.6 Å². The second-order valence-corrected chi connectivity index (χ2v) is 1.90. The minimum atomic E-state index is 0.558. The molecule has 0 saturated heterocycles. The number of hydrazone groups is 1. The molecule has 0 atom stereocenters. The minimum Gasteiger partial charge on any atom is -0.238 e. The van der Waals surface area contributed by atoms with Crippen molar-refractivity contribution in [2.24, 2.45) is 10.1 Å². The standard InChI is InChI=1S/C10H13N3/c1-5-9-12-13(8-4)10(6-2)11-7-3/h5-9H,1-4H2/b11-10?,12-9-. The zero-order valence-electron chi connectivity index (χ0n) is 7.56. The fourth-order valence-electron chi connectivity index (χ4n) is 0.618. The highest BCUT2D eigenvalue weighted by Gasteiger charge is 1.98. The zero-order valence-corrected chi connectivity index (χ0v) is 7.56. The minimum absolute atomic E-state index is 0.558. The van der Waals surface area contributed by atoms with Gasteiger partial charge in [-0.15, -0.1) is 0 Å². The van der Waals surface area contributed by atoms with E-state index >= 15 is 0 Å². The molecule has 0 N–H and O–H groups in total. The molecule has 0 radical (unpaired) electrons. The van der Waals surface area contributed by atoms with Crippen molar-refractivity contribution in [3.8, 4) is 0 Å². The van der Waals surface area contributed by atoms with Crippen molar-refractivity contribution >= 4 is 12.1 Å². The molecule has 0 heterocycles. The Morgan fingerprint density at radius 2 is 1.85 bits per heavy atom. The van der Waals surface area contributed by atoms with Gasteiger partial charge in [0.1, 0.15) is 0 Å². The van der Waals surface area contributed by atoms with Crippen LogP contribution in [0.1, 0.15) is 0 Å². The molecule has 0 aromatic carbocycles. The molecule has 0 aliphatic rings. The van der Waals surface area contributed by atoms with Crippen LogP contribution in [0.15, 0.2) is 61.0 Å². The molecule has 0 aromatic heterocycles. The Kier molecular flexibility index (Phi) is 5.80. The number of aliphatic imine (C=N–C) groups is 1. The quantitative estimate of drug-likeness (QED) is 0.358. The van der Waals surface area contributed by atoms with E-state index in [1.807, 2.05) is 0 Å². The maximum atomic E-state index is 3.97. The number of allylic oxidation sites excluding steroid dienone is 1. The van der Waals surface area contributed by atoms with Crippen molar-refractivity contribution in [1.29, 1.82) is 0 Å². The number of nitrogens with zero attached hydrogens (tertiary/aromatic N) is 3. The fraction of sp³-hybridized carbons (Fsp3) is 0. The highest BCUT2D eigenvalue weighted by Crippen LogP contribution is 1.95. The third kappa shape index (κ3) is 3.86. The topological polar surface area (TPSA) is 28.0 Å². The van der Waals surface area contributed by atoms with E-state index in [2.05, 4.69) is 36.4 Å². The van der Waals surface area contributed by atoms with Gasteiger partial charge in [-0.25, -0.2) is 10.0 Å². The fourth-order valence-corrected chi connectivity index (χ4v) is 0.618. The summed E-state index contributed by atoms with van der Waals surface area (Å²) in [5.74, 6) is 0.558. The Hall–Kier alpha value is -1.90. The molecule has 13 heavy (non-hydrogen) atoms. The predicted molar refractivity (Wildman–Crippen MR) is 58.6 cm³/mol. The summed E-state index contributed by atoms with van der Waals surface area (Å²) < 4.78 is 0. The monoisotopic (exact) mass is 175 g/mol. The van der Waals surface area contributed by atoms with Crippen molar-refractivity contribution in [3.05, 3.63) is 50.9 Å². The molecule has 0 fully saturated rings. The summed E-state index contributed by atoms with van der Waals surface area (Å²) in [5.41, 5.74) is 0. The van der Waals surface area contributed by atoms with Gasteiger partial charge < -0.3 is 0 Å². The van der Waals surface area contributed by atoms with Gasteiger partial charge in [-0.3, -0.25) is 0 Å². The largest absolute Gasteiger partial charge is 0.238 e. The Morgan fingerprint density at radius 1 is 1.15 bits per heavy atom. The smallest absolute Gasteiger partial charge is 0.152 e. The number of hydrogen-bond donors (Lipinski definition) is 0. The lowest BCUT2D eigenvalue weighted by molar-refractivity contribution is 0.611. The Bertz CT molecular complexity index is 261. The van der Waals surface area contributed by atoms with Crippen LogP contribution >= 0.6 is 0 Å². The highest BCUT2D eigenvalue weighted by molar-refractivity contribution is 5.94. The summed E-state index contributed by atoms with van der Waals surface area (Å²) in [6.45, 7) is 14.1. The SMILES string of the molecule is C=C/C=N\N(C=C)C(C=C)=NC=C. The van der Waals surface area contributed by atoms with E-state index in [9.17, 15) is 0 Å². The van der Waals surface area contributed by atoms with Crippen molar-refractivity contribution in [1.82, 2.24) is 5.01 Å². The summed E-state index contributed by atoms with van der Waals surface area (Å²) in [6, 6.07) is 0. The van der Waals surface area contributed by atoms with Gasteiger partial charge in [0.25, 0.3) is 0 Å². The molecule has 0 unspecified atom stereocenters. The van der Waals surface area contributed by atoms with Gasteiger partial charge >= 0.3 is 0 Å². The molecule has 0 aliphatic carbocycles. The Balaban J connectivity index is 4.71. The third-order valence-electron chi connectivity index (χ3n) is 1.11. The Labute approximate surface area is 78.8 Å². The normalized spacial score (nSPS) is 10.9. The number of rotatable bonds is 5. The molecular formula is C10H13N3. The second kappa shape index (κ2) is 6.79. The molecule has 0 aromatic rings. The van der Waals surface area contributed by atoms with Gasteiger partial charge in [0.05, 0.1) is 0 Å². The molecule has 0 saturated carbocycles. The average Bonchev–Trinajstić information content (AvgIpc) is 2.17. The van der Waals surface area contributed by atoms with E-state index in [0.717, 1.165) is 0 Å². The lowest BCUT2D eigenvalue weighted by Gasteiger charge is -2.11. The first-order valence-corrected chi connectivity index (χ1v) is 3.68. The molecular weight excluding hydrogens is 162 g/mol. The van der Waals surface area contributed by atoms with Crippen LogP contribution in [0.2, 0.25) is 0 Å². The molecule has 3 heteroatoms. The first-order chi connectivity index (χ1) is 6.29. The molecule has 0 amide bonds. The summed E-state index contributed by atoms with van der Waals surface area (Å²) >= 11 is 0. The van der Waals surface area contributed by atoms with E-state index in [4.69, 9.17) is 0 Å². The van der Waals surface area contributed by atoms with E-state index < -0.39 is 0 Å². The zero-order chi connectivity index (χ0) is 10.1. The van der Waals surface area contributed by atoms with Crippen LogP contribution in [-0.2, 0) is 0 Å². The van der Waals surface area contributed by atoms with Crippen molar-refractivity contribution in [3.63, 3.8) is 0 Å². The maximum Gasteiger partial charge on any atom is 0.152 e. The number of amidine groups is 1. The first kappa shape index (κ1) is 11.1. The molecule has 0 bridgehead atoms. The van der Waals surface area contributed by atoms with Crippen molar-refractivity contribution in [2.75, 3.05) is 0 Å². The number of hydrogen-bond acceptors (Lipinski definition) is 2. The summed E-state index contributed by atoms with van der Waals surface area (Å²) in [4.78, 5) is 3.94. The van der Waals surface area contributed by atoms with Crippen molar-refractivity contribution in [2.45, 2.75) is 0 Å². The first-order valence-electron chi connectivity index (χ1n) is 3.68. The van der Waals surface area contributed by atoms with Crippen LogP contribution < -0.4 is 0 Å². The van der Waals surface area contributed by atoms with Crippen LogP contribution in [-0.4, -0.2) is 17.1 Å². The highest BCUT2D eigenvalue weighted by atomic mass is 15.5.